The lowest BCUT2D eigenvalue weighted by atomic mass is 10.2. The van der Waals surface area contributed by atoms with Gasteiger partial charge in [0, 0.05) is 25.4 Å². The van der Waals surface area contributed by atoms with Crippen LogP contribution in [0.2, 0.25) is 0 Å². The summed E-state index contributed by atoms with van der Waals surface area (Å²) in [5, 5.41) is 10.1. The van der Waals surface area contributed by atoms with Gasteiger partial charge in [-0.2, -0.15) is 0 Å². The van der Waals surface area contributed by atoms with Crippen LogP contribution >= 0.6 is 0 Å². The van der Waals surface area contributed by atoms with E-state index in [4.69, 9.17) is 9.47 Å². The first-order valence-electron chi connectivity index (χ1n) is 7.63. The number of ether oxygens (including phenoxy) is 2. The van der Waals surface area contributed by atoms with Gasteiger partial charge in [-0.1, -0.05) is 6.07 Å². The topological polar surface area (TPSA) is 41.9 Å². The van der Waals surface area contributed by atoms with Crippen molar-refractivity contribution in [2.45, 2.75) is 31.5 Å². The first-order chi connectivity index (χ1) is 10.2. The molecule has 4 nitrogen and oxygen atoms in total. The van der Waals surface area contributed by atoms with Crippen LogP contribution in [0.25, 0.3) is 0 Å². The van der Waals surface area contributed by atoms with Crippen LogP contribution < -0.4 is 4.90 Å². The molecular formula is C16H22FNO3. The summed E-state index contributed by atoms with van der Waals surface area (Å²) in [7, 11) is 0. The molecular weight excluding hydrogens is 273 g/mol. The molecule has 2 aliphatic rings. The van der Waals surface area contributed by atoms with Crippen molar-refractivity contribution in [1.29, 1.82) is 0 Å². The standard InChI is InChI=1S/C16H22FNO3/c17-13-4-3-12-5-6-18(16(12)8-13)9-14(19)10-20-11-15-2-1-7-21-15/h3-4,8,14-15,19H,1-2,5-7,9-11H2. The van der Waals surface area contributed by atoms with Gasteiger partial charge in [-0.15, -0.1) is 0 Å². The molecule has 1 fully saturated rings. The van der Waals surface area contributed by atoms with Crippen LogP contribution in [0.4, 0.5) is 10.1 Å². The zero-order valence-electron chi connectivity index (χ0n) is 12.1. The van der Waals surface area contributed by atoms with Gasteiger partial charge in [-0.05, 0) is 37.0 Å². The average molecular weight is 295 g/mol. The second-order valence-corrected chi connectivity index (χ2v) is 5.80. The zero-order chi connectivity index (χ0) is 14.7. The Hall–Kier alpha value is -1.17. The number of hydrogen-bond acceptors (Lipinski definition) is 4. The highest BCUT2D eigenvalue weighted by molar-refractivity contribution is 5.58. The maximum absolute atomic E-state index is 13.3. The van der Waals surface area contributed by atoms with Gasteiger partial charge in [-0.3, -0.25) is 0 Å². The van der Waals surface area contributed by atoms with Gasteiger partial charge >= 0.3 is 0 Å². The van der Waals surface area contributed by atoms with Crippen molar-refractivity contribution in [2.24, 2.45) is 0 Å². The molecule has 0 spiro atoms. The van der Waals surface area contributed by atoms with E-state index in [0.29, 0.717) is 19.8 Å². The minimum absolute atomic E-state index is 0.179. The van der Waals surface area contributed by atoms with Crippen LogP contribution in [0, 0.1) is 5.82 Å². The number of benzene rings is 1. The Kier molecular flexibility index (Phi) is 4.73. The average Bonchev–Trinajstić information content (AvgIpc) is 3.09. The molecule has 21 heavy (non-hydrogen) atoms. The van der Waals surface area contributed by atoms with Crippen molar-refractivity contribution in [3.05, 3.63) is 29.6 Å². The Labute approximate surface area is 124 Å². The molecule has 0 aliphatic carbocycles. The Balaban J connectivity index is 1.45. The largest absolute Gasteiger partial charge is 0.389 e. The second-order valence-electron chi connectivity index (χ2n) is 5.80. The molecule has 116 valence electrons. The van der Waals surface area contributed by atoms with Crippen LogP contribution in [-0.4, -0.2) is 50.2 Å². The van der Waals surface area contributed by atoms with E-state index >= 15 is 0 Å². The summed E-state index contributed by atoms with van der Waals surface area (Å²) in [6, 6.07) is 4.86. The molecule has 0 radical (unpaired) electrons. The number of anilines is 1. The first-order valence-corrected chi connectivity index (χ1v) is 7.63. The van der Waals surface area contributed by atoms with E-state index < -0.39 is 6.10 Å². The number of β-amino-alcohol motifs (C(OH)–C–C–N with tert-alkyl or cyclic N) is 1. The summed E-state index contributed by atoms with van der Waals surface area (Å²) >= 11 is 0. The lowest BCUT2D eigenvalue weighted by Gasteiger charge is -2.23. The van der Waals surface area contributed by atoms with Gasteiger partial charge in [0.1, 0.15) is 5.82 Å². The van der Waals surface area contributed by atoms with E-state index in [2.05, 4.69) is 0 Å². The Morgan fingerprint density at radius 1 is 1.48 bits per heavy atom. The third kappa shape index (κ3) is 3.73. The molecule has 0 bridgehead atoms. The highest BCUT2D eigenvalue weighted by atomic mass is 19.1. The van der Waals surface area contributed by atoms with E-state index in [9.17, 15) is 9.50 Å². The molecule has 2 atom stereocenters. The van der Waals surface area contributed by atoms with Crippen molar-refractivity contribution in [3.63, 3.8) is 0 Å². The molecule has 1 N–H and O–H groups in total. The minimum atomic E-state index is -0.569. The van der Waals surface area contributed by atoms with Crippen LogP contribution in [0.1, 0.15) is 18.4 Å². The van der Waals surface area contributed by atoms with Gasteiger partial charge in [0.2, 0.25) is 0 Å². The fourth-order valence-corrected chi connectivity index (χ4v) is 3.03. The van der Waals surface area contributed by atoms with Crippen molar-refractivity contribution >= 4 is 5.69 Å². The fourth-order valence-electron chi connectivity index (χ4n) is 3.03. The lowest BCUT2D eigenvalue weighted by molar-refractivity contribution is -0.0149. The molecule has 1 aromatic carbocycles. The summed E-state index contributed by atoms with van der Waals surface area (Å²) in [5.74, 6) is -0.232. The van der Waals surface area contributed by atoms with E-state index in [1.54, 1.807) is 6.07 Å². The number of halogens is 1. The van der Waals surface area contributed by atoms with E-state index in [-0.39, 0.29) is 11.9 Å². The van der Waals surface area contributed by atoms with Crippen LogP contribution in [-0.2, 0) is 15.9 Å². The summed E-state index contributed by atoms with van der Waals surface area (Å²) < 4.78 is 24.3. The fraction of sp³-hybridized carbons (Fsp3) is 0.625. The molecule has 0 aromatic heterocycles. The van der Waals surface area contributed by atoms with Gasteiger partial charge < -0.3 is 19.5 Å². The number of aliphatic hydroxyl groups excluding tert-OH is 1. The Morgan fingerprint density at radius 3 is 3.19 bits per heavy atom. The maximum Gasteiger partial charge on any atom is 0.125 e. The van der Waals surface area contributed by atoms with Gasteiger partial charge in [0.05, 0.1) is 25.4 Å². The smallest absolute Gasteiger partial charge is 0.125 e. The molecule has 1 aromatic rings. The molecule has 2 unspecified atom stereocenters. The van der Waals surface area contributed by atoms with Crippen molar-refractivity contribution in [1.82, 2.24) is 0 Å². The summed E-state index contributed by atoms with van der Waals surface area (Å²) in [6.07, 6.45) is 2.64. The third-order valence-electron chi connectivity index (χ3n) is 4.11. The van der Waals surface area contributed by atoms with Gasteiger partial charge in [0.15, 0.2) is 0 Å². The molecule has 2 aliphatic heterocycles. The van der Waals surface area contributed by atoms with E-state index in [1.165, 1.54) is 6.07 Å². The van der Waals surface area contributed by atoms with Crippen molar-refractivity contribution < 1.29 is 19.0 Å². The van der Waals surface area contributed by atoms with Gasteiger partial charge in [0.25, 0.3) is 0 Å². The van der Waals surface area contributed by atoms with Gasteiger partial charge in [-0.25, -0.2) is 4.39 Å². The monoisotopic (exact) mass is 295 g/mol. The maximum atomic E-state index is 13.3. The minimum Gasteiger partial charge on any atom is -0.389 e. The molecule has 2 heterocycles. The van der Waals surface area contributed by atoms with Crippen molar-refractivity contribution in [3.8, 4) is 0 Å². The summed E-state index contributed by atoms with van der Waals surface area (Å²) in [4.78, 5) is 2.03. The molecule has 1 saturated heterocycles. The predicted molar refractivity (Wildman–Crippen MR) is 78.1 cm³/mol. The number of hydrogen-bond donors (Lipinski definition) is 1. The molecule has 0 amide bonds. The number of aliphatic hydroxyl groups is 1. The van der Waals surface area contributed by atoms with Crippen LogP contribution in [0.5, 0.6) is 0 Å². The molecule has 0 saturated carbocycles. The summed E-state index contributed by atoms with van der Waals surface area (Å²) in [6.45, 7) is 2.94. The zero-order valence-corrected chi connectivity index (χ0v) is 12.1. The Bertz CT molecular complexity index is 477. The Morgan fingerprint density at radius 2 is 2.38 bits per heavy atom. The number of nitrogens with zero attached hydrogens (tertiary/aromatic N) is 1. The molecule has 3 rings (SSSR count). The first kappa shape index (κ1) is 14.8. The highest BCUT2D eigenvalue weighted by Gasteiger charge is 2.22. The second kappa shape index (κ2) is 6.73. The highest BCUT2D eigenvalue weighted by Crippen LogP contribution is 2.28. The molecule has 5 heteroatoms. The normalized spacial score (nSPS) is 22.6. The van der Waals surface area contributed by atoms with E-state index in [0.717, 1.165) is 43.7 Å². The predicted octanol–water partition coefficient (Wildman–Crippen LogP) is 1.74. The van der Waals surface area contributed by atoms with E-state index in [1.807, 2.05) is 11.0 Å². The SMILES string of the molecule is OC(COCC1CCCO1)CN1CCc2ccc(F)cc21. The number of fused-ring (bicyclic) bond motifs is 1. The summed E-state index contributed by atoms with van der Waals surface area (Å²) in [5.41, 5.74) is 2.04. The number of rotatable bonds is 6. The quantitative estimate of drug-likeness (QED) is 0.868. The van der Waals surface area contributed by atoms with Crippen LogP contribution in [0.3, 0.4) is 0 Å². The van der Waals surface area contributed by atoms with Crippen LogP contribution in [0.15, 0.2) is 18.2 Å². The third-order valence-corrected chi connectivity index (χ3v) is 4.11. The van der Waals surface area contributed by atoms with Crippen molar-refractivity contribution in [2.75, 3.05) is 37.8 Å². The lowest BCUT2D eigenvalue weighted by Crippen LogP contribution is -2.34.